The maximum Gasteiger partial charge on any atom is 0.326 e. The van der Waals surface area contributed by atoms with Gasteiger partial charge in [0.15, 0.2) is 6.61 Å². The fourth-order valence-electron chi connectivity index (χ4n) is 3.25. The van der Waals surface area contributed by atoms with E-state index < -0.39 is 5.97 Å². The first-order valence-electron chi connectivity index (χ1n) is 9.47. The first-order chi connectivity index (χ1) is 14.0. The lowest BCUT2D eigenvalue weighted by atomic mass is 10.2. The van der Waals surface area contributed by atoms with Crippen molar-refractivity contribution in [1.29, 1.82) is 0 Å². The number of carbonyl (C=O) groups is 2. The number of para-hydroxylation sites is 3. The standard InChI is InChI=1S/C22H25N3O3S/c1-16(2)25(17-9-5-4-6-10-17)21(26)14-28-22(27)13-24-19-12-8-7-11-18(19)23-20(24)15-29-3/h4-12,16H,13-15H2,1-3H3. The van der Waals surface area contributed by atoms with Crippen molar-refractivity contribution in [3.63, 3.8) is 0 Å². The summed E-state index contributed by atoms with van der Waals surface area (Å²) in [4.78, 5) is 31.4. The second-order valence-corrected chi connectivity index (χ2v) is 7.76. The van der Waals surface area contributed by atoms with Crippen molar-refractivity contribution in [2.75, 3.05) is 17.8 Å². The Kier molecular flexibility index (Phi) is 6.93. The molecule has 29 heavy (non-hydrogen) atoms. The molecular formula is C22H25N3O3S. The molecule has 3 rings (SSSR count). The molecule has 1 aromatic heterocycles. The number of aromatic nitrogens is 2. The Morgan fingerprint density at radius 2 is 1.79 bits per heavy atom. The van der Waals surface area contributed by atoms with Gasteiger partial charge in [0.2, 0.25) is 0 Å². The zero-order valence-electron chi connectivity index (χ0n) is 16.9. The topological polar surface area (TPSA) is 64.4 Å². The molecule has 0 spiro atoms. The normalized spacial score (nSPS) is 11.0. The van der Waals surface area contributed by atoms with Crippen LogP contribution >= 0.6 is 11.8 Å². The maximum absolute atomic E-state index is 12.7. The molecule has 0 N–H and O–H groups in total. The number of hydrogen-bond donors (Lipinski definition) is 0. The summed E-state index contributed by atoms with van der Waals surface area (Å²) < 4.78 is 7.18. The highest BCUT2D eigenvalue weighted by Gasteiger charge is 2.21. The molecule has 6 nitrogen and oxygen atoms in total. The van der Waals surface area contributed by atoms with E-state index in [0.29, 0.717) is 5.75 Å². The molecule has 0 atom stereocenters. The van der Waals surface area contributed by atoms with Gasteiger partial charge in [-0.2, -0.15) is 11.8 Å². The van der Waals surface area contributed by atoms with Gasteiger partial charge >= 0.3 is 5.97 Å². The fourth-order valence-corrected chi connectivity index (χ4v) is 3.72. The van der Waals surface area contributed by atoms with Crippen LogP contribution in [0.4, 0.5) is 5.69 Å². The molecule has 3 aromatic rings. The van der Waals surface area contributed by atoms with Crippen molar-refractivity contribution in [3.8, 4) is 0 Å². The first kappa shape index (κ1) is 20.9. The van der Waals surface area contributed by atoms with Gasteiger partial charge < -0.3 is 14.2 Å². The van der Waals surface area contributed by atoms with Crippen LogP contribution in [0.25, 0.3) is 11.0 Å². The van der Waals surface area contributed by atoms with Crippen LogP contribution in [-0.2, 0) is 26.6 Å². The summed E-state index contributed by atoms with van der Waals surface area (Å²) in [5.74, 6) is 0.797. The fraction of sp³-hybridized carbons (Fsp3) is 0.318. The van der Waals surface area contributed by atoms with Crippen LogP contribution < -0.4 is 4.90 Å². The van der Waals surface area contributed by atoms with Crippen LogP contribution in [0.1, 0.15) is 19.7 Å². The van der Waals surface area contributed by atoms with Crippen LogP contribution in [0.15, 0.2) is 54.6 Å². The summed E-state index contributed by atoms with van der Waals surface area (Å²) in [5, 5.41) is 0. The van der Waals surface area contributed by atoms with Crippen molar-refractivity contribution < 1.29 is 14.3 Å². The highest BCUT2D eigenvalue weighted by atomic mass is 32.2. The number of benzene rings is 2. The average molecular weight is 412 g/mol. The highest BCUT2D eigenvalue weighted by Crippen LogP contribution is 2.20. The first-order valence-corrected chi connectivity index (χ1v) is 10.9. The van der Waals surface area contributed by atoms with Gasteiger partial charge in [-0.05, 0) is 44.4 Å². The van der Waals surface area contributed by atoms with E-state index in [1.807, 2.05) is 79.3 Å². The van der Waals surface area contributed by atoms with Gasteiger partial charge in [-0.3, -0.25) is 9.59 Å². The molecule has 0 saturated heterocycles. The van der Waals surface area contributed by atoms with Crippen LogP contribution in [-0.4, -0.2) is 40.3 Å². The highest BCUT2D eigenvalue weighted by molar-refractivity contribution is 7.97. The van der Waals surface area contributed by atoms with E-state index in [1.165, 1.54) is 0 Å². The van der Waals surface area contributed by atoms with Crippen molar-refractivity contribution in [1.82, 2.24) is 9.55 Å². The Hall–Kier alpha value is -2.80. The molecule has 2 aromatic carbocycles. The SMILES string of the molecule is CSCc1nc2ccccc2n1CC(=O)OCC(=O)N(c1ccccc1)C(C)C. The lowest BCUT2D eigenvalue weighted by molar-refractivity contribution is -0.148. The third-order valence-electron chi connectivity index (χ3n) is 4.47. The minimum Gasteiger partial charge on any atom is -0.454 e. The number of rotatable bonds is 8. The molecule has 0 saturated carbocycles. The molecule has 1 heterocycles. The summed E-state index contributed by atoms with van der Waals surface area (Å²) in [7, 11) is 0. The van der Waals surface area contributed by atoms with E-state index in [9.17, 15) is 9.59 Å². The maximum atomic E-state index is 12.7. The number of esters is 1. The van der Waals surface area contributed by atoms with Gasteiger partial charge in [0.05, 0.1) is 16.8 Å². The van der Waals surface area contributed by atoms with E-state index in [1.54, 1.807) is 16.7 Å². The molecule has 152 valence electrons. The van der Waals surface area contributed by atoms with E-state index in [0.717, 1.165) is 22.5 Å². The zero-order chi connectivity index (χ0) is 20.8. The molecular weight excluding hydrogens is 386 g/mol. The van der Waals surface area contributed by atoms with Crippen molar-refractivity contribution >= 4 is 40.4 Å². The van der Waals surface area contributed by atoms with Gasteiger partial charge in [-0.25, -0.2) is 4.98 Å². The molecule has 7 heteroatoms. The zero-order valence-corrected chi connectivity index (χ0v) is 17.7. The lowest BCUT2D eigenvalue weighted by Gasteiger charge is -2.26. The van der Waals surface area contributed by atoms with Crippen LogP contribution in [0.3, 0.4) is 0 Å². The predicted molar refractivity (Wildman–Crippen MR) is 117 cm³/mol. The van der Waals surface area contributed by atoms with E-state index in [-0.39, 0.29) is 25.1 Å². The monoisotopic (exact) mass is 411 g/mol. The summed E-state index contributed by atoms with van der Waals surface area (Å²) in [6, 6.07) is 17.0. The van der Waals surface area contributed by atoms with Crippen LogP contribution in [0.5, 0.6) is 0 Å². The van der Waals surface area contributed by atoms with E-state index in [2.05, 4.69) is 4.98 Å². The Balaban J connectivity index is 1.69. The summed E-state index contributed by atoms with van der Waals surface area (Å²) in [5.41, 5.74) is 2.51. The number of imidazole rings is 1. The molecule has 0 unspecified atom stereocenters. The van der Waals surface area contributed by atoms with E-state index >= 15 is 0 Å². The number of fused-ring (bicyclic) bond motifs is 1. The van der Waals surface area contributed by atoms with Gasteiger partial charge in [0.25, 0.3) is 5.91 Å². The van der Waals surface area contributed by atoms with Crippen molar-refractivity contribution in [3.05, 3.63) is 60.4 Å². The Labute approximate surface area is 174 Å². The molecule has 0 fully saturated rings. The Bertz CT molecular complexity index is 985. The second-order valence-electron chi connectivity index (χ2n) is 6.89. The van der Waals surface area contributed by atoms with Gasteiger partial charge in [-0.15, -0.1) is 0 Å². The third kappa shape index (κ3) is 4.98. The minimum atomic E-state index is -0.458. The molecule has 0 aliphatic heterocycles. The van der Waals surface area contributed by atoms with Crippen LogP contribution in [0.2, 0.25) is 0 Å². The van der Waals surface area contributed by atoms with E-state index in [4.69, 9.17) is 4.74 Å². The number of hydrogen-bond acceptors (Lipinski definition) is 5. The number of ether oxygens (including phenoxy) is 1. The molecule has 0 aliphatic carbocycles. The number of anilines is 1. The summed E-state index contributed by atoms with van der Waals surface area (Å²) in [6.45, 7) is 3.59. The lowest BCUT2D eigenvalue weighted by Crippen LogP contribution is -2.40. The smallest absolute Gasteiger partial charge is 0.326 e. The second kappa shape index (κ2) is 9.60. The quantitative estimate of drug-likeness (QED) is 0.526. The molecule has 1 amide bonds. The number of amides is 1. The predicted octanol–water partition coefficient (Wildman–Crippen LogP) is 3.88. The molecule has 0 radical (unpaired) electrons. The van der Waals surface area contributed by atoms with Gasteiger partial charge in [-0.1, -0.05) is 30.3 Å². The number of thioether (sulfide) groups is 1. The Morgan fingerprint density at radius 1 is 1.10 bits per heavy atom. The molecule has 0 aliphatic rings. The third-order valence-corrected chi connectivity index (χ3v) is 5.02. The number of carbonyl (C=O) groups excluding carboxylic acids is 2. The van der Waals surface area contributed by atoms with Crippen molar-refractivity contribution in [2.45, 2.75) is 32.2 Å². The minimum absolute atomic E-state index is 0.0245. The number of nitrogens with zero attached hydrogens (tertiary/aromatic N) is 3. The average Bonchev–Trinajstić information content (AvgIpc) is 3.05. The van der Waals surface area contributed by atoms with Gasteiger partial charge in [0, 0.05) is 11.7 Å². The van der Waals surface area contributed by atoms with Gasteiger partial charge in [0.1, 0.15) is 12.4 Å². The van der Waals surface area contributed by atoms with Crippen molar-refractivity contribution in [2.24, 2.45) is 0 Å². The van der Waals surface area contributed by atoms with Crippen LogP contribution in [0, 0.1) is 0 Å². The Morgan fingerprint density at radius 3 is 2.48 bits per heavy atom. The largest absolute Gasteiger partial charge is 0.454 e. The summed E-state index contributed by atoms with van der Waals surface area (Å²) >= 11 is 1.64. The molecule has 0 bridgehead atoms. The summed E-state index contributed by atoms with van der Waals surface area (Å²) in [6.07, 6.45) is 1.99.